The summed E-state index contributed by atoms with van der Waals surface area (Å²) in [7, 11) is 0. The SMILES string of the molecule is O=C(NCc1ccc(Cl)cc1)C1CCN(C(=O)c2nnn3c2CO[C@H](c2ccc(F)cc2)C3)CC1. The molecule has 5 rings (SSSR count). The second kappa shape index (κ2) is 10.1. The Bertz CT molecular complexity index is 1210. The lowest BCUT2D eigenvalue weighted by Gasteiger charge is -2.31. The Balaban J connectivity index is 1.15. The highest BCUT2D eigenvalue weighted by Gasteiger charge is 2.33. The van der Waals surface area contributed by atoms with E-state index < -0.39 is 0 Å². The van der Waals surface area contributed by atoms with Crippen LogP contribution in [0, 0.1) is 11.7 Å². The molecule has 2 aliphatic rings. The summed E-state index contributed by atoms with van der Waals surface area (Å²) in [5.74, 6) is -0.648. The molecule has 3 aromatic rings. The number of carbonyl (C=O) groups excluding carboxylic acids is 2. The minimum atomic E-state index is -0.304. The first kappa shape index (κ1) is 23.4. The molecule has 2 aromatic carbocycles. The molecule has 1 atom stereocenters. The third-order valence-corrected chi connectivity index (χ3v) is 6.83. The molecule has 1 saturated heterocycles. The average Bonchev–Trinajstić information content (AvgIpc) is 3.31. The summed E-state index contributed by atoms with van der Waals surface area (Å²) in [6.45, 7) is 1.99. The van der Waals surface area contributed by atoms with E-state index in [1.54, 1.807) is 33.8 Å². The lowest BCUT2D eigenvalue weighted by Crippen LogP contribution is -2.43. The van der Waals surface area contributed by atoms with E-state index in [0.29, 0.717) is 49.7 Å². The average molecular weight is 498 g/mol. The van der Waals surface area contributed by atoms with Crippen molar-refractivity contribution >= 4 is 23.4 Å². The van der Waals surface area contributed by atoms with Crippen LogP contribution in [0.1, 0.15) is 46.3 Å². The fourth-order valence-corrected chi connectivity index (χ4v) is 4.61. The number of likely N-dealkylation sites (tertiary alicyclic amines) is 1. The summed E-state index contributed by atoms with van der Waals surface area (Å²) < 4.78 is 20.8. The quantitative estimate of drug-likeness (QED) is 0.582. The number of nitrogens with one attached hydrogen (secondary N) is 1. The number of carbonyl (C=O) groups is 2. The molecule has 10 heteroatoms. The summed E-state index contributed by atoms with van der Waals surface area (Å²) >= 11 is 5.90. The van der Waals surface area contributed by atoms with E-state index in [4.69, 9.17) is 16.3 Å². The zero-order valence-corrected chi connectivity index (χ0v) is 19.7. The van der Waals surface area contributed by atoms with Crippen LogP contribution in [0.15, 0.2) is 48.5 Å². The van der Waals surface area contributed by atoms with Crippen LogP contribution < -0.4 is 5.32 Å². The molecule has 182 valence electrons. The zero-order valence-electron chi connectivity index (χ0n) is 19.0. The highest BCUT2D eigenvalue weighted by Crippen LogP contribution is 2.28. The number of hydrogen-bond acceptors (Lipinski definition) is 5. The minimum absolute atomic E-state index is 0.00618. The molecule has 2 aliphatic heterocycles. The van der Waals surface area contributed by atoms with Crippen molar-refractivity contribution in [1.29, 1.82) is 0 Å². The molecule has 0 spiro atoms. The van der Waals surface area contributed by atoms with Crippen molar-refractivity contribution < 1.29 is 18.7 Å². The van der Waals surface area contributed by atoms with Crippen LogP contribution in [0.3, 0.4) is 0 Å². The van der Waals surface area contributed by atoms with Crippen molar-refractivity contribution in [3.05, 3.63) is 81.9 Å². The summed E-state index contributed by atoms with van der Waals surface area (Å²) in [4.78, 5) is 27.5. The van der Waals surface area contributed by atoms with Crippen molar-refractivity contribution in [3.63, 3.8) is 0 Å². The van der Waals surface area contributed by atoms with Crippen molar-refractivity contribution in [3.8, 4) is 0 Å². The Kier molecular flexibility index (Phi) is 6.79. The van der Waals surface area contributed by atoms with E-state index in [9.17, 15) is 14.0 Å². The molecule has 2 amide bonds. The molecule has 3 heterocycles. The predicted molar refractivity (Wildman–Crippen MR) is 126 cm³/mol. The van der Waals surface area contributed by atoms with Crippen molar-refractivity contribution in [1.82, 2.24) is 25.2 Å². The lowest BCUT2D eigenvalue weighted by atomic mass is 9.95. The third kappa shape index (κ3) is 5.21. The fraction of sp³-hybridized carbons (Fsp3) is 0.360. The number of aromatic nitrogens is 3. The second-order valence-corrected chi connectivity index (χ2v) is 9.27. The van der Waals surface area contributed by atoms with E-state index in [0.717, 1.165) is 11.1 Å². The monoisotopic (exact) mass is 497 g/mol. The number of amides is 2. The molecule has 8 nitrogen and oxygen atoms in total. The fourth-order valence-electron chi connectivity index (χ4n) is 4.49. The summed E-state index contributed by atoms with van der Waals surface area (Å²) in [6.07, 6.45) is 0.894. The number of benzene rings is 2. The number of hydrogen-bond donors (Lipinski definition) is 1. The normalized spacial score (nSPS) is 18.2. The number of nitrogens with zero attached hydrogens (tertiary/aromatic N) is 4. The highest BCUT2D eigenvalue weighted by atomic mass is 35.5. The maximum absolute atomic E-state index is 13.2. The Morgan fingerprint density at radius 1 is 1.09 bits per heavy atom. The van der Waals surface area contributed by atoms with Crippen molar-refractivity contribution in [2.75, 3.05) is 13.1 Å². The molecule has 1 fully saturated rings. The predicted octanol–water partition coefficient (Wildman–Crippen LogP) is 3.51. The maximum atomic E-state index is 13.2. The van der Waals surface area contributed by atoms with E-state index >= 15 is 0 Å². The number of piperidine rings is 1. The second-order valence-electron chi connectivity index (χ2n) is 8.83. The Labute approximate surface area is 207 Å². The van der Waals surface area contributed by atoms with Gasteiger partial charge in [-0.25, -0.2) is 9.07 Å². The van der Waals surface area contributed by atoms with Crippen LogP contribution >= 0.6 is 11.6 Å². The summed E-state index contributed by atoms with van der Waals surface area (Å²) in [5.41, 5.74) is 2.75. The molecule has 0 bridgehead atoms. The number of fused-ring (bicyclic) bond motifs is 1. The minimum Gasteiger partial charge on any atom is -0.365 e. The van der Waals surface area contributed by atoms with Gasteiger partial charge in [0.05, 0.1) is 18.8 Å². The largest absolute Gasteiger partial charge is 0.365 e. The van der Waals surface area contributed by atoms with Gasteiger partial charge in [-0.3, -0.25) is 9.59 Å². The van der Waals surface area contributed by atoms with E-state index in [1.807, 2.05) is 12.1 Å². The summed E-state index contributed by atoms with van der Waals surface area (Å²) in [6, 6.07) is 13.5. The molecule has 0 saturated carbocycles. The van der Waals surface area contributed by atoms with Crippen LogP contribution in [0.2, 0.25) is 5.02 Å². The zero-order chi connectivity index (χ0) is 24.4. The van der Waals surface area contributed by atoms with Gasteiger partial charge in [0, 0.05) is 30.6 Å². The highest BCUT2D eigenvalue weighted by molar-refractivity contribution is 6.30. The van der Waals surface area contributed by atoms with Gasteiger partial charge in [0.15, 0.2) is 5.69 Å². The van der Waals surface area contributed by atoms with Gasteiger partial charge in [-0.15, -0.1) is 5.10 Å². The summed E-state index contributed by atoms with van der Waals surface area (Å²) in [5, 5.41) is 11.9. The number of halogens is 2. The number of rotatable bonds is 5. The first-order valence-corrected chi connectivity index (χ1v) is 12.0. The molecule has 0 radical (unpaired) electrons. The van der Waals surface area contributed by atoms with Gasteiger partial charge in [0.1, 0.15) is 11.9 Å². The molecule has 0 aliphatic carbocycles. The van der Waals surface area contributed by atoms with Crippen LogP contribution in [-0.4, -0.2) is 44.8 Å². The van der Waals surface area contributed by atoms with Gasteiger partial charge in [0.2, 0.25) is 5.91 Å². The smallest absolute Gasteiger partial charge is 0.276 e. The molecule has 1 N–H and O–H groups in total. The van der Waals surface area contributed by atoms with Crippen molar-refractivity contribution in [2.24, 2.45) is 5.92 Å². The van der Waals surface area contributed by atoms with Gasteiger partial charge in [-0.05, 0) is 48.2 Å². The Morgan fingerprint density at radius 2 is 1.80 bits per heavy atom. The van der Waals surface area contributed by atoms with E-state index in [1.165, 1.54) is 12.1 Å². The first-order chi connectivity index (χ1) is 17.0. The van der Waals surface area contributed by atoms with Crippen LogP contribution in [-0.2, 0) is 29.2 Å². The Hall–Kier alpha value is -3.30. The molecule has 0 unspecified atom stereocenters. The topological polar surface area (TPSA) is 89.4 Å². The van der Waals surface area contributed by atoms with Gasteiger partial charge in [-0.2, -0.15) is 0 Å². The third-order valence-electron chi connectivity index (χ3n) is 6.57. The van der Waals surface area contributed by atoms with Crippen LogP contribution in [0.5, 0.6) is 0 Å². The first-order valence-electron chi connectivity index (χ1n) is 11.6. The lowest BCUT2D eigenvalue weighted by molar-refractivity contribution is -0.126. The molecular formula is C25H25ClFN5O3. The standard InChI is InChI=1S/C25H25ClFN5O3/c26-19-5-1-16(2-6-19)13-28-24(33)18-9-11-31(12-10-18)25(34)23-21-15-35-22(14-32(21)30-29-23)17-3-7-20(27)8-4-17/h1-8,18,22H,9-15H2,(H,28,33)/t22-/m0/s1. The van der Waals surface area contributed by atoms with Gasteiger partial charge in [-0.1, -0.05) is 41.1 Å². The van der Waals surface area contributed by atoms with Crippen LogP contribution in [0.25, 0.3) is 0 Å². The maximum Gasteiger partial charge on any atom is 0.276 e. The molecular weight excluding hydrogens is 473 g/mol. The van der Waals surface area contributed by atoms with E-state index in [2.05, 4.69) is 15.6 Å². The van der Waals surface area contributed by atoms with Crippen LogP contribution in [0.4, 0.5) is 4.39 Å². The molecule has 1 aromatic heterocycles. The van der Waals surface area contributed by atoms with Gasteiger partial charge < -0.3 is 15.0 Å². The van der Waals surface area contributed by atoms with Gasteiger partial charge >= 0.3 is 0 Å². The van der Waals surface area contributed by atoms with Crippen molar-refractivity contribution in [2.45, 2.75) is 38.6 Å². The molecule has 35 heavy (non-hydrogen) atoms. The van der Waals surface area contributed by atoms with Gasteiger partial charge in [0.25, 0.3) is 5.91 Å². The Morgan fingerprint density at radius 3 is 2.51 bits per heavy atom. The number of ether oxygens (including phenoxy) is 1. The van der Waals surface area contributed by atoms with E-state index in [-0.39, 0.29) is 42.0 Å².